The molecule has 3 rings (SSSR count). The molecular formula is C26H32O3. The van der Waals surface area contributed by atoms with Crippen LogP contribution in [0.5, 0.6) is 5.75 Å². The molecule has 3 heteroatoms. The van der Waals surface area contributed by atoms with Gasteiger partial charge in [-0.25, -0.2) is 4.79 Å². The topological polar surface area (TPSA) is 46.5 Å². The summed E-state index contributed by atoms with van der Waals surface area (Å²) >= 11 is 0. The second kappa shape index (κ2) is 7.70. The Balaban J connectivity index is 2.10. The van der Waals surface area contributed by atoms with Crippen LogP contribution in [0, 0.1) is 6.92 Å². The molecule has 1 aliphatic carbocycles. The van der Waals surface area contributed by atoms with Crippen molar-refractivity contribution in [2.45, 2.75) is 65.2 Å². The first-order valence-corrected chi connectivity index (χ1v) is 10.4. The summed E-state index contributed by atoms with van der Waals surface area (Å²) in [5.41, 5.74) is 6.85. The molecule has 154 valence electrons. The third-order valence-electron chi connectivity index (χ3n) is 6.21. The number of carbonyl (C=O) groups excluding carboxylic acids is 1. The standard InChI is InChI=1S/C26H32O3/c1-7-29-24(28)11-9-18-8-10-23(27)20(15-18)19-16-22-21(14-17(19)2)25(3,4)12-13-26(22,5)6/h8-11,14-16,27H,7,12-13H2,1-6H3/b11-9+. The predicted molar refractivity (Wildman–Crippen MR) is 119 cm³/mol. The molecule has 0 atom stereocenters. The fraction of sp³-hybridized carbons (Fsp3) is 0.423. The monoisotopic (exact) mass is 392 g/mol. The number of fused-ring (bicyclic) bond motifs is 1. The molecule has 0 aromatic heterocycles. The van der Waals surface area contributed by atoms with Crippen LogP contribution in [-0.4, -0.2) is 17.7 Å². The molecule has 0 saturated heterocycles. The highest BCUT2D eigenvalue weighted by Gasteiger charge is 2.37. The summed E-state index contributed by atoms with van der Waals surface area (Å²) < 4.78 is 4.95. The number of aromatic hydroxyl groups is 1. The minimum Gasteiger partial charge on any atom is -0.507 e. The Kier molecular flexibility index (Phi) is 5.62. The third kappa shape index (κ3) is 4.24. The Hall–Kier alpha value is -2.55. The summed E-state index contributed by atoms with van der Waals surface area (Å²) in [6.45, 7) is 13.5. The fourth-order valence-corrected chi connectivity index (χ4v) is 4.24. The minimum atomic E-state index is -0.365. The van der Waals surface area contributed by atoms with Crippen molar-refractivity contribution in [3.8, 4) is 16.9 Å². The Morgan fingerprint density at radius 2 is 1.66 bits per heavy atom. The zero-order valence-electron chi connectivity index (χ0n) is 18.4. The Morgan fingerprint density at radius 3 is 2.28 bits per heavy atom. The smallest absolute Gasteiger partial charge is 0.330 e. The maximum Gasteiger partial charge on any atom is 0.330 e. The molecule has 2 aromatic rings. The van der Waals surface area contributed by atoms with Gasteiger partial charge in [0.05, 0.1) is 6.61 Å². The van der Waals surface area contributed by atoms with Gasteiger partial charge in [-0.1, -0.05) is 39.8 Å². The fourth-order valence-electron chi connectivity index (χ4n) is 4.24. The number of carbonyl (C=O) groups is 1. The van der Waals surface area contributed by atoms with Crippen LogP contribution in [0.1, 0.15) is 69.7 Å². The number of ether oxygens (including phenoxy) is 1. The molecule has 0 heterocycles. The van der Waals surface area contributed by atoms with Gasteiger partial charge in [-0.3, -0.25) is 0 Å². The maximum atomic E-state index is 11.6. The Labute approximate surface area is 174 Å². The summed E-state index contributed by atoms with van der Waals surface area (Å²) in [6, 6.07) is 9.98. The van der Waals surface area contributed by atoms with E-state index in [9.17, 15) is 9.90 Å². The van der Waals surface area contributed by atoms with E-state index in [-0.39, 0.29) is 22.5 Å². The lowest BCUT2D eigenvalue weighted by Crippen LogP contribution is -2.34. The molecule has 0 amide bonds. The molecule has 0 radical (unpaired) electrons. The summed E-state index contributed by atoms with van der Waals surface area (Å²) in [6.07, 6.45) is 5.46. The van der Waals surface area contributed by atoms with E-state index in [4.69, 9.17) is 4.74 Å². The van der Waals surface area contributed by atoms with E-state index in [1.807, 2.05) is 6.07 Å². The SMILES string of the molecule is CCOC(=O)/C=C/c1ccc(O)c(-c2cc3c(cc2C)C(C)(C)CCC3(C)C)c1. The Bertz CT molecular complexity index is 964. The summed E-state index contributed by atoms with van der Waals surface area (Å²) in [5, 5.41) is 10.6. The van der Waals surface area contributed by atoms with E-state index >= 15 is 0 Å². The second-order valence-corrected chi connectivity index (χ2v) is 9.34. The summed E-state index contributed by atoms with van der Waals surface area (Å²) in [7, 11) is 0. The first-order valence-electron chi connectivity index (χ1n) is 10.4. The van der Waals surface area contributed by atoms with E-state index in [0.717, 1.165) is 28.7 Å². The zero-order valence-corrected chi connectivity index (χ0v) is 18.4. The van der Waals surface area contributed by atoms with Gasteiger partial charge in [-0.15, -0.1) is 0 Å². The molecule has 0 fully saturated rings. The minimum absolute atomic E-state index is 0.102. The van der Waals surface area contributed by atoms with Crippen molar-refractivity contribution in [2.24, 2.45) is 0 Å². The van der Waals surface area contributed by atoms with Gasteiger partial charge in [0.2, 0.25) is 0 Å². The van der Waals surface area contributed by atoms with Gasteiger partial charge in [0, 0.05) is 11.6 Å². The normalized spacial score (nSPS) is 17.2. The van der Waals surface area contributed by atoms with Gasteiger partial charge >= 0.3 is 5.97 Å². The molecule has 1 aliphatic rings. The lowest BCUT2D eigenvalue weighted by atomic mass is 9.62. The molecule has 0 bridgehead atoms. The number of phenolic OH excluding ortho intramolecular Hbond substituents is 1. The van der Waals surface area contributed by atoms with E-state index in [2.05, 4.69) is 46.8 Å². The maximum absolute atomic E-state index is 11.6. The quantitative estimate of drug-likeness (QED) is 0.491. The van der Waals surface area contributed by atoms with Crippen molar-refractivity contribution in [2.75, 3.05) is 6.61 Å². The van der Waals surface area contributed by atoms with Gasteiger partial charge in [-0.05, 0) is 89.6 Å². The van der Waals surface area contributed by atoms with E-state index in [1.54, 1.807) is 25.1 Å². The van der Waals surface area contributed by atoms with Crippen LogP contribution in [0.15, 0.2) is 36.4 Å². The molecule has 0 spiro atoms. The molecule has 2 aromatic carbocycles. The van der Waals surface area contributed by atoms with Crippen molar-refractivity contribution >= 4 is 12.0 Å². The van der Waals surface area contributed by atoms with Crippen molar-refractivity contribution < 1.29 is 14.6 Å². The molecule has 0 unspecified atom stereocenters. The van der Waals surface area contributed by atoms with Crippen molar-refractivity contribution in [1.82, 2.24) is 0 Å². The van der Waals surface area contributed by atoms with Gasteiger partial charge in [0.1, 0.15) is 5.75 Å². The number of rotatable bonds is 4. The van der Waals surface area contributed by atoms with Crippen LogP contribution in [0.2, 0.25) is 0 Å². The number of phenols is 1. The molecular weight excluding hydrogens is 360 g/mol. The largest absolute Gasteiger partial charge is 0.507 e. The third-order valence-corrected chi connectivity index (χ3v) is 6.21. The number of aryl methyl sites for hydroxylation is 1. The number of hydrogen-bond donors (Lipinski definition) is 1. The van der Waals surface area contributed by atoms with Crippen LogP contribution >= 0.6 is 0 Å². The van der Waals surface area contributed by atoms with Crippen LogP contribution in [0.25, 0.3) is 17.2 Å². The van der Waals surface area contributed by atoms with Crippen molar-refractivity contribution in [3.63, 3.8) is 0 Å². The second-order valence-electron chi connectivity index (χ2n) is 9.34. The van der Waals surface area contributed by atoms with E-state index in [1.165, 1.54) is 23.6 Å². The average Bonchev–Trinajstić information content (AvgIpc) is 2.65. The molecule has 1 N–H and O–H groups in total. The van der Waals surface area contributed by atoms with Crippen LogP contribution in [0.3, 0.4) is 0 Å². The highest BCUT2D eigenvalue weighted by molar-refractivity contribution is 5.87. The highest BCUT2D eigenvalue weighted by atomic mass is 16.5. The van der Waals surface area contributed by atoms with E-state index in [0.29, 0.717) is 6.61 Å². The molecule has 29 heavy (non-hydrogen) atoms. The first-order chi connectivity index (χ1) is 13.5. The number of benzene rings is 2. The van der Waals surface area contributed by atoms with Gasteiger partial charge in [-0.2, -0.15) is 0 Å². The highest BCUT2D eigenvalue weighted by Crippen LogP contribution is 2.48. The van der Waals surface area contributed by atoms with Crippen LogP contribution < -0.4 is 0 Å². The number of hydrogen-bond acceptors (Lipinski definition) is 3. The van der Waals surface area contributed by atoms with Crippen LogP contribution in [-0.2, 0) is 20.4 Å². The summed E-state index contributed by atoms with van der Waals surface area (Å²) in [5.74, 6) is -0.120. The average molecular weight is 393 g/mol. The van der Waals surface area contributed by atoms with Gasteiger partial charge < -0.3 is 9.84 Å². The lowest BCUT2D eigenvalue weighted by molar-refractivity contribution is -0.137. The predicted octanol–water partition coefficient (Wildman–Crippen LogP) is 6.29. The number of esters is 1. The van der Waals surface area contributed by atoms with Gasteiger partial charge in [0.25, 0.3) is 0 Å². The molecule has 3 nitrogen and oxygen atoms in total. The van der Waals surface area contributed by atoms with E-state index < -0.39 is 0 Å². The van der Waals surface area contributed by atoms with Crippen LogP contribution in [0.4, 0.5) is 0 Å². The van der Waals surface area contributed by atoms with Crippen molar-refractivity contribution in [3.05, 3.63) is 58.7 Å². The lowest BCUT2D eigenvalue weighted by Gasteiger charge is -2.42. The summed E-state index contributed by atoms with van der Waals surface area (Å²) in [4.78, 5) is 11.6. The van der Waals surface area contributed by atoms with Gasteiger partial charge in [0.15, 0.2) is 0 Å². The van der Waals surface area contributed by atoms with Crippen molar-refractivity contribution in [1.29, 1.82) is 0 Å². The molecule has 0 saturated carbocycles. The zero-order chi connectivity index (χ0) is 21.4. The Morgan fingerprint density at radius 1 is 1.03 bits per heavy atom. The molecule has 0 aliphatic heterocycles. The first kappa shape index (κ1) is 21.2.